The summed E-state index contributed by atoms with van der Waals surface area (Å²) in [7, 11) is 0. The average Bonchev–Trinajstić information content (AvgIpc) is 3.42. The largest absolute Gasteiger partial charge is 0.457 e. The number of anilines is 1. The smallest absolute Gasteiger partial charge is 0.164 e. The summed E-state index contributed by atoms with van der Waals surface area (Å²) in [6.07, 6.45) is 6.01. The van der Waals surface area contributed by atoms with E-state index in [0.29, 0.717) is 31.1 Å². The third kappa shape index (κ3) is 6.36. The quantitative estimate of drug-likeness (QED) is 0.280. The number of aromatic nitrogens is 4. The van der Waals surface area contributed by atoms with E-state index in [0.717, 1.165) is 98.8 Å². The zero-order chi connectivity index (χ0) is 28.0. The highest BCUT2D eigenvalue weighted by molar-refractivity contribution is 5.98. The molecule has 1 aliphatic carbocycles. The van der Waals surface area contributed by atoms with Crippen LogP contribution in [-0.2, 0) is 4.74 Å². The van der Waals surface area contributed by atoms with E-state index >= 15 is 0 Å². The van der Waals surface area contributed by atoms with Crippen LogP contribution in [0.1, 0.15) is 31.7 Å². The predicted molar refractivity (Wildman–Crippen MR) is 161 cm³/mol. The number of fused-ring (bicyclic) bond motifs is 1. The topological polar surface area (TPSA) is 121 Å². The van der Waals surface area contributed by atoms with Gasteiger partial charge >= 0.3 is 0 Å². The molecule has 0 radical (unpaired) electrons. The minimum Gasteiger partial charge on any atom is -0.457 e. The Morgan fingerprint density at radius 3 is 2.24 bits per heavy atom. The minimum absolute atomic E-state index is 0.290. The first-order valence-corrected chi connectivity index (χ1v) is 14.8. The molecule has 10 heteroatoms. The molecule has 0 amide bonds. The van der Waals surface area contributed by atoms with Crippen molar-refractivity contribution in [1.29, 1.82) is 0 Å². The van der Waals surface area contributed by atoms with Gasteiger partial charge in [-0.2, -0.15) is 5.10 Å². The summed E-state index contributed by atoms with van der Waals surface area (Å²) in [5.41, 5.74) is 14.5. The van der Waals surface area contributed by atoms with Crippen LogP contribution < -0.4 is 16.2 Å². The van der Waals surface area contributed by atoms with Gasteiger partial charge in [-0.25, -0.2) is 14.6 Å². The van der Waals surface area contributed by atoms with Gasteiger partial charge in [-0.1, -0.05) is 18.2 Å². The molecule has 2 aliphatic rings. The van der Waals surface area contributed by atoms with E-state index in [-0.39, 0.29) is 0 Å². The monoisotopic (exact) mass is 556 g/mol. The highest BCUT2D eigenvalue weighted by atomic mass is 16.5. The Morgan fingerprint density at radius 2 is 1.51 bits per heavy atom. The number of hydrogen-bond donors (Lipinski definition) is 2. The van der Waals surface area contributed by atoms with Crippen molar-refractivity contribution in [2.45, 2.75) is 37.8 Å². The number of para-hydroxylation sites is 1. The molecule has 1 saturated carbocycles. The van der Waals surface area contributed by atoms with Crippen LogP contribution in [0.2, 0.25) is 0 Å². The first-order valence-electron chi connectivity index (χ1n) is 14.8. The number of ether oxygens (including phenoxy) is 2. The molecule has 0 spiro atoms. The van der Waals surface area contributed by atoms with Crippen molar-refractivity contribution in [3.05, 3.63) is 60.9 Å². The summed E-state index contributed by atoms with van der Waals surface area (Å²) in [5, 5.41) is 5.92. The summed E-state index contributed by atoms with van der Waals surface area (Å²) in [6, 6.07) is 18.7. The normalized spacial score (nSPS) is 20.4. The van der Waals surface area contributed by atoms with Gasteiger partial charge in [-0.3, -0.25) is 9.80 Å². The molecule has 2 aromatic heterocycles. The molecule has 6 rings (SSSR count). The third-order valence-electron chi connectivity index (χ3n) is 8.37. The van der Waals surface area contributed by atoms with Crippen molar-refractivity contribution in [1.82, 2.24) is 29.5 Å². The molecule has 1 saturated heterocycles. The summed E-state index contributed by atoms with van der Waals surface area (Å²) < 4.78 is 13.7. The minimum atomic E-state index is 0.290. The molecule has 41 heavy (non-hydrogen) atoms. The summed E-state index contributed by atoms with van der Waals surface area (Å²) in [4.78, 5) is 14.1. The van der Waals surface area contributed by atoms with Crippen LogP contribution in [0.4, 0.5) is 5.82 Å². The van der Waals surface area contributed by atoms with Crippen molar-refractivity contribution in [2.24, 2.45) is 5.73 Å². The van der Waals surface area contributed by atoms with Gasteiger partial charge in [0.05, 0.1) is 24.6 Å². The fourth-order valence-corrected chi connectivity index (χ4v) is 6.16. The van der Waals surface area contributed by atoms with E-state index in [2.05, 4.69) is 24.4 Å². The lowest BCUT2D eigenvalue weighted by Crippen LogP contribution is -2.51. The molecule has 2 fully saturated rings. The van der Waals surface area contributed by atoms with Gasteiger partial charge in [0.2, 0.25) is 0 Å². The molecule has 0 unspecified atom stereocenters. The maximum atomic E-state index is 6.39. The highest BCUT2D eigenvalue weighted by Gasteiger charge is 2.31. The zero-order valence-electron chi connectivity index (χ0n) is 23.6. The molecule has 3 heterocycles. The lowest BCUT2D eigenvalue weighted by Gasteiger charge is -2.42. The number of nitrogen functional groups attached to an aromatic ring is 1. The van der Waals surface area contributed by atoms with E-state index in [9.17, 15) is 0 Å². The Hall–Kier alpha value is -3.57. The van der Waals surface area contributed by atoms with Gasteiger partial charge < -0.3 is 20.9 Å². The molecule has 0 atom stereocenters. The first-order chi connectivity index (χ1) is 20.2. The fraction of sp³-hybridized carbons (Fsp3) is 0.452. The van der Waals surface area contributed by atoms with Crippen LogP contribution in [0.3, 0.4) is 0 Å². The second-order valence-corrected chi connectivity index (χ2v) is 10.9. The van der Waals surface area contributed by atoms with Crippen LogP contribution >= 0.6 is 0 Å². The number of benzene rings is 2. The maximum absolute atomic E-state index is 6.39. The summed E-state index contributed by atoms with van der Waals surface area (Å²) in [6.45, 7) is 7.43. The fourth-order valence-electron chi connectivity index (χ4n) is 6.16. The van der Waals surface area contributed by atoms with E-state index in [1.54, 1.807) is 6.33 Å². The predicted octanol–water partition coefficient (Wildman–Crippen LogP) is 3.94. The molecule has 10 nitrogen and oxygen atoms in total. The second kappa shape index (κ2) is 12.9. The zero-order valence-corrected chi connectivity index (χ0v) is 23.6. The number of nitrogens with two attached hydrogens (primary N) is 2. The third-order valence-corrected chi connectivity index (χ3v) is 8.37. The first kappa shape index (κ1) is 27.6. The molecule has 4 N–H and O–H groups in total. The van der Waals surface area contributed by atoms with E-state index in [4.69, 9.17) is 26.0 Å². The standard InChI is InChI=1S/C31H40N8O2/c32-14-20-40-21-19-37-15-17-38(18-16-37)24-8-10-25(11-9-24)39-31-28(30(33)34-22-35-31)29(36-39)23-6-12-27(13-7-23)41-26-4-2-1-3-5-26/h1-7,12-13,22,24-25H,8-11,14-21,32H2,(H2,33,34,35). The molecule has 216 valence electrons. The average molecular weight is 557 g/mol. The molecule has 1 aliphatic heterocycles. The van der Waals surface area contributed by atoms with E-state index in [1.165, 1.54) is 0 Å². The molecule has 2 aromatic carbocycles. The Kier molecular flexibility index (Phi) is 8.71. The van der Waals surface area contributed by atoms with Crippen LogP contribution in [0, 0.1) is 0 Å². The number of piperazine rings is 1. The Balaban J connectivity index is 1.11. The van der Waals surface area contributed by atoms with Gasteiger partial charge in [0, 0.05) is 50.9 Å². The van der Waals surface area contributed by atoms with Crippen molar-refractivity contribution in [3.8, 4) is 22.8 Å². The highest BCUT2D eigenvalue weighted by Crippen LogP contribution is 2.37. The molecule has 0 bridgehead atoms. The van der Waals surface area contributed by atoms with Gasteiger partial charge in [0.25, 0.3) is 0 Å². The summed E-state index contributed by atoms with van der Waals surface area (Å²) >= 11 is 0. The van der Waals surface area contributed by atoms with Crippen molar-refractivity contribution in [3.63, 3.8) is 0 Å². The van der Waals surface area contributed by atoms with Crippen molar-refractivity contribution < 1.29 is 9.47 Å². The second-order valence-electron chi connectivity index (χ2n) is 10.9. The SMILES string of the molecule is NCCOCCN1CCN(C2CCC(n3nc(-c4ccc(Oc5ccccc5)cc4)c4c(N)ncnc43)CC2)CC1. The maximum Gasteiger partial charge on any atom is 0.164 e. The Bertz CT molecular complexity index is 1400. The number of nitrogens with zero attached hydrogens (tertiary/aromatic N) is 6. The van der Waals surface area contributed by atoms with Gasteiger partial charge in [0.15, 0.2) is 5.65 Å². The van der Waals surface area contributed by atoms with Gasteiger partial charge in [-0.15, -0.1) is 0 Å². The van der Waals surface area contributed by atoms with Crippen LogP contribution in [0.25, 0.3) is 22.3 Å². The van der Waals surface area contributed by atoms with Crippen molar-refractivity contribution >= 4 is 16.9 Å². The number of rotatable bonds is 10. The van der Waals surface area contributed by atoms with E-state index < -0.39 is 0 Å². The number of hydrogen-bond acceptors (Lipinski definition) is 9. The molecule has 4 aromatic rings. The van der Waals surface area contributed by atoms with E-state index in [1.807, 2.05) is 54.6 Å². The Labute approximate surface area is 241 Å². The van der Waals surface area contributed by atoms with Crippen LogP contribution in [0.5, 0.6) is 11.5 Å². The lowest BCUT2D eigenvalue weighted by atomic mass is 9.90. The Morgan fingerprint density at radius 1 is 0.805 bits per heavy atom. The lowest BCUT2D eigenvalue weighted by molar-refractivity contribution is 0.0498. The summed E-state index contributed by atoms with van der Waals surface area (Å²) in [5.74, 6) is 2.03. The van der Waals surface area contributed by atoms with Crippen LogP contribution in [0.15, 0.2) is 60.9 Å². The van der Waals surface area contributed by atoms with Gasteiger partial charge in [-0.05, 0) is 62.1 Å². The molecular weight excluding hydrogens is 516 g/mol. The van der Waals surface area contributed by atoms with Crippen molar-refractivity contribution in [2.75, 3.05) is 58.2 Å². The van der Waals surface area contributed by atoms with Crippen LogP contribution in [-0.4, -0.2) is 88.1 Å². The molecular formula is C31H40N8O2. The van der Waals surface area contributed by atoms with Gasteiger partial charge in [0.1, 0.15) is 29.3 Å².